The molecule has 3 aromatic carbocycles. The van der Waals surface area contributed by atoms with Crippen molar-refractivity contribution in [3.63, 3.8) is 0 Å². The van der Waals surface area contributed by atoms with Crippen LogP contribution >= 0.6 is 0 Å². The maximum Gasteiger partial charge on any atom is 0.408 e. The molecule has 2 aromatic heterocycles. The number of carbonyl (C=O) groups excluding carboxylic acids is 4. The Morgan fingerprint density at radius 1 is 0.742 bits per heavy atom. The smallest absolute Gasteiger partial charge is 0.408 e. The average Bonchev–Trinajstić information content (AvgIpc) is 4.12. The number of ether oxygens (including phenoxy) is 4. The van der Waals surface area contributed by atoms with Gasteiger partial charge >= 0.3 is 12.2 Å². The van der Waals surface area contributed by atoms with E-state index in [4.69, 9.17) is 28.9 Å². The number of hydrogen-bond acceptors (Lipinski definition) is 10. The molecule has 4 aliphatic heterocycles. The van der Waals surface area contributed by atoms with Crippen LogP contribution in [-0.4, -0.2) is 85.6 Å². The van der Waals surface area contributed by atoms with Gasteiger partial charge in [0.05, 0.1) is 43.0 Å². The van der Waals surface area contributed by atoms with Gasteiger partial charge in [-0.2, -0.15) is 0 Å². The Kier molecular flexibility index (Phi) is 11.8. The number of hydrogen-bond donors (Lipinski definition) is 4. The number of alkyl carbamates (subject to hydrolysis) is 2. The second-order valence-electron chi connectivity index (χ2n) is 19.5. The molecule has 0 aliphatic carbocycles. The molecule has 16 nitrogen and oxygen atoms in total. The largest absolute Gasteiger partial charge is 0.488 e. The lowest BCUT2D eigenvalue weighted by atomic mass is 9.87. The molecular weight excluding hydrogens is 841 g/mol. The number of nitrogens with zero attached hydrogens (tertiary/aromatic N) is 4. The summed E-state index contributed by atoms with van der Waals surface area (Å²) < 4.78 is 23.3. The van der Waals surface area contributed by atoms with Crippen molar-refractivity contribution >= 4 is 24.0 Å². The zero-order valence-electron chi connectivity index (χ0n) is 38.7. The topological polar surface area (TPSA) is 193 Å². The SMILES string of the molecule is COC(=O)N[C@H](C(=O)N1C[C@@H](C)C[C@H]1c1ncc(-c2cc3c4c(c2)OCc2cc(-c5cnc([C@@H]6C[C@H](C)CN6C(=O)[C@H](NC(=O)OC(C)(C)C)c6ccccc6)[nH]5)cc(c2-4)OC3)[nH]1)C(C)C. The Bertz CT molecular complexity index is 2620. The molecule has 2 fully saturated rings. The molecule has 346 valence electrons. The molecule has 16 heteroatoms. The minimum atomic E-state index is -0.944. The number of nitrogens with one attached hydrogen (secondary N) is 4. The molecular formula is C50H58N8O8. The molecule has 5 aromatic rings. The predicted octanol–water partition coefficient (Wildman–Crippen LogP) is 8.38. The van der Waals surface area contributed by atoms with Crippen molar-refractivity contribution in [2.75, 3.05) is 20.2 Å². The summed E-state index contributed by atoms with van der Waals surface area (Å²) in [5, 5.41) is 5.56. The van der Waals surface area contributed by atoms with Crippen LogP contribution in [0.3, 0.4) is 0 Å². The number of aromatic amines is 2. The first kappa shape index (κ1) is 44.4. The number of methoxy groups -OCH3 is 1. The predicted molar refractivity (Wildman–Crippen MR) is 245 cm³/mol. The van der Waals surface area contributed by atoms with E-state index in [9.17, 15) is 19.2 Å². The van der Waals surface area contributed by atoms with Gasteiger partial charge in [-0.3, -0.25) is 9.59 Å². The molecule has 0 bridgehead atoms. The van der Waals surface area contributed by atoms with E-state index in [1.54, 1.807) is 33.2 Å². The number of likely N-dealkylation sites (tertiary alicyclic amines) is 2. The van der Waals surface area contributed by atoms with E-state index in [0.29, 0.717) is 49.9 Å². The van der Waals surface area contributed by atoms with Gasteiger partial charge < -0.3 is 49.3 Å². The van der Waals surface area contributed by atoms with Gasteiger partial charge in [0.2, 0.25) is 5.91 Å². The third-order valence-electron chi connectivity index (χ3n) is 12.8. The second kappa shape index (κ2) is 17.5. The normalized spacial score (nSPS) is 20.5. The Hall–Kier alpha value is -6.84. The van der Waals surface area contributed by atoms with Crippen LogP contribution in [-0.2, 0) is 32.3 Å². The van der Waals surface area contributed by atoms with E-state index in [1.807, 2.05) is 66.1 Å². The van der Waals surface area contributed by atoms with Gasteiger partial charge in [-0.1, -0.05) is 58.0 Å². The van der Waals surface area contributed by atoms with E-state index in [1.165, 1.54) is 7.11 Å². The van der Waals surface area contributed by atoms with Gasteiger partial charge in [0.1, 0.15) is 54.0 Å². The van der Waals surface area contributed by atoms with E-state index in [-0.39, 0.29) is 41.7 Å². The van der Waals surface area contributed by atoms with Crippen LogP contribution in [0.25, 0.3) is 33.6 Å². The average molecular weight is 899 g/mol. The maximum atomic E-state index is 14.4. The Morgan fingerprint density at radius 2 is 1.26 bits per heavy atom. The summed E-state index contributed by atoms with van der Waals surface area (Å²) >= 11 is 0. The van der Waals surface area contributed by atoms with Crippen LogP contribution in [0.15, 0.2) is 67.0 Å². The Morgan fingerprint density at radius 3 is 1.74 bits per heavy atom. The summed E-state index contributed by atoms with van der Waals surface area (Å²) in [6, 6.07) is 15.2. The number of H-pyrrole nitrogens is 2. The first-order valence-electron chi connectivity index (χ1n) is 22.7. The zero-order chi connectivity index (χ0) is 46.6. The van der Waals surface area contributed by atoms with Gasteiger partial charge in [0.25, 0.3) is 5.91 Å². The lowest BCUT2D eigenvalue weighted by Gasteiger charge is -2.30. The third-order valence-corrected chi connectivity index (χ3v) is 12.8. The quantitative estimate of drug-likeness (QED) is 0.106. The van der Waals surface area contributed by atoms with Crippen molar-refractivity contribution in [1.29, 1.82) is 0 Å². The number of benzene rings is 3. The van der Waals surface area contributed by atoms with E-state index in [0.717, 1.165) is 62.7 Å². The number of aromatic nitrogens is 4. The summed E-state index contributed by atoms with van der Waals surface area (Å²) in [7, 11) is 1.29. The van der Waals surface area contributed by atoms with Crippen LogP contribution in [0.2, 0.25) is 0 Å². The molecule has 0 radical (unpaired) electrons. The van der Waals surface area contributed by atoms with Crippen LogP contribution < -0.4 is 20.1 Å². The number of imidazole rings is 2. The first-order chi connectivity index (χ1) is 31.5. The molecule has 9 rings (SSSR count). The Balaban J connectivity index is 0.947. The van der Waals surface area contributed by atoms with Crippen molar-refractivity contribution in [3.05, 3.63) is 95.3 Å². The van der Waals surface area contributed by atoms with Gasteiger partial charge in [-0.25, -0.2) is 19.6 Å². The highest BCUT2D eigenvalue weighted by molar-refractivity contribution is 5.90. The molecule has 6 heterocycles. The fourth-order valence-electron chi connectivity index (χ4n) is 9.80. The van der Waals surface area contributed by atoms with Gasteiger partial charge in [0.15, 0.2) is 0 Å². The lowest BCUT2D eigenvalue weighted by molar-refractivity contribution is -0.136. The standard InChI is InChI=1S/C50H58N8O8/c1-26(2)42(55-48(61)63-8)46(59)57-22-27(3)14-36(57)44-51-20-34(53-44)30-16-32-24-65-39-19-31(17-33-25-64-38(18-30)40(32)41(33)39)35-21-52-45(54-35)37-15-28(4)23-58(37)47(60)43(29-12-10-9-11-13-29)56-49(62)66-50(5,6)7/h9-13,16-21,26-28,36-37,42-43H,14-15,22-25H2,1-8H3,(H,51,53)(H,52,54)(H,55,61)(H,56,62)/t27-,28-,36-,37-,42-,43+/m0/s1. The van der Waals surface area contributed by atoms with Crippen LogP contribution in [0.4, 0.5) is 9.59 Å². The van der Waals surface area contributed by atoms with Crippen molar-refractivity contribution in [2.24, 2.45) is 17.8 Å². The fraction of sp³-hybridized carbons (Fsp3) is 0.440. The summed E-state index contributed by atoms with van der Waals surface area (Å²) in [6.45, 7) is 15.1. The number of amides is 4. The van der Waals surface area contributed by atoms with Crippen molar-refractivity contribution in [1.82, 2.24) is 40.4 Å². The monoisotopic (exact) mass is 898 g/mol. The van der Waals surface area contributed by atoms with E-state index < -0.39 is 29.9 Å². The molecule has 4 N–H and O–H groups in total. The minimum Gasteiger partial charge on any atom is -0.488 e. The summed E-state index contributed by atoms with van der Waals surface area (Å²) in [5.74, 6) is 2.75. The first-order valence-corrected chi connectivity index (χ1v) is 22.7. The molecule has 0 unspecified atom stereocenters. The Labute approximate surface area is 384 Å². The second-order valence-corrected chi connectivity index (χ2v) is 19.5. The highest BCUT2D eigenvalue weighted by Gasteiger charge is 2.42. The van der Waals surface area contributed by atoms with Crippen molar-refractivity contribution in [3.8, 4) is 45.1 Å². The zero-order valence-corrected chi connectivity index (χ0v) is 38.7. The third kappa shape index (κ3) is 8.67. The van der Waals surface area contributed by atoms with Gasteiger partial charge in [-0.15, -0.1) is 0 Å². The van der Waals surface area contributed by atoms with Gasteiger partial charge in [-0.05, 0) is 81.2 Å². The lowest BCUT2D eigenvalue weighted by Crippen LogP contribution is -2.51. The van der Waals surface area contributed by atoms with E-state index in [2.05, 4.69) is 46.6 Å². The number of carbonyl (C=O) groups is 4. The van der Waals surface area contributed by atoms with Crippen LogP contribution in [0, 0.1) is 17.8 Å². The van der Waals surface area contributed by atoms with Crippen molar-refractivity contribution in [2.45, 2.75) is 104 Å². The molecule has 0 spiro atoms. The molecule has 6 atom stereocenters. The number of rotatable bonds is 10. The van der Waals surface area contributed by atoms with E-state index >= 15 is 0 Å². The molecule has 2 saturated heterocycles. The maximum absolute atomic E-state index is 14.4. The summed E-state index contributed by atoms with van der Waals surface area (Å²) in [4.78, 5) is 73.7. The van der Waals surface area contributed by atoms with Crippen molar-refractivity contribution < 1.29 is 38.1 Å². The van der Waals surface area contributed by atoms with Crippen LogP contribution in [0.5, 0.6) is 11.5 Å². The fourth-order valence-corrected chi connectivity index (χ4v) is 9.80. The summed E-state index contributed by atoms with van der Waals surface area (Å²) in [5.41, 5.74) is 7.24. The highest BCUT2D eigenvalue weighted by atomic mass is 16.6. The molecule has 4 amide bonds. The molecule has 4 aliphatic rings. The van der Waals surface area contributed by atoms with Gasteiger partial charge in [0, 0.05) is 46.5 Å². The highest BCUT2D eigenvalue weighted by Crippen LogP contribution is 2.51. The van der Waals surface area contributed by atoms with Crippen LogP contribution in [0.1, 0.15) is 108 Å². The summed E-state index contributed by atoms with van der Waals surface area (Å²) in [6.07, 6.45) is 3.72. The molecule has 0 saturated carbocycles. The minimum absolute atomic E-state index is 0.140. The molecule has 66 heavy (non-hydrogen) atoms.